The fourth-order valence-corrected chi connectivity index (χ4v) is 2.77. The van der Waals surface area contributed by atoms with Crippen LogP contribution in [0, 0.1) is 5.82 Å². The first-order valence-electron chi connectivity index (χ1n) is 7.87. The third-order valence-corrected chi connectivity index (χ3v) is 4.08. The summed E-state index contributed by atoms with van der Waals surface area (Å²) in [4.78, 5) is 4.43. The standard InChI is InChI=1S/C18H15FN6O/c1-24-18(17(21-23-24)14-4-2-3-5-15(14)19)16-10-25(11-20-16)13-8-6-12(22-26)7-9-13/h2-11,22,26H,1H3. The number of imidazole rings is 1. The quantitative estimate of drug-likeness (QED) is 0.552. The largest absolute Gasteiger partial charge is 0.306 e. The zero-order chi connectivity index (χ0) is 18.1. The number of halogens is 1. The number of aryl methyl sites for hydroxylation is 1. The molecule has 0 fully saturated rings. The van der Waals surface area contributed by atoms with Crippen molar-refractivity contribution in [3.63, 3.8) is 0 Å². The Morgan fingerprint density at radius 1 is 1.08 bits per heavy atom. The number of anilines is 1. The molecule has 2 heterocycles. The molecule has 2 N–H and O–H groups in total. The summed E-state index contributed by atoms with van der Waals surface area (Å²) in [5.74, 6) is -0.360. The Hall–Kier alpha value is -3.52. The van der Waals surface area contributed by atoms with Crippen LogP contribution in [0.25, 0.3) is 28.3 Å². The van der Waals surface area contributed by atoms with E-state index in [0.29, 0.717) is 28.3 Å². The van der Waals surface area contributed by atoms with Crippen LogP contribution in [0.1, 0.15) is 0 Å². The van der Waals surface area contributed by atoms with Gasteiger partial charge in [0.05, 0.1) is 12.0 Å². The molecular formula is C18H15FN6O. The lowest BCUT2D eigenvalue weighted by Crippen LogP contribution is -1.95. The first-order chi connectivity index (χ1) is 12.7. The van der Waals surface area contributed by atoms with Crippen molar-refractivity contribution < 1.29 is 9.60 Å². The molecule has 4 rings (SSSR count). The van der Waals surface area contributed by atoms with Crippen molar-refractivity contribution in [3.8, 4) is 28.3 Å². The van der Waals surface area contributed by atoms with Crippen molar-refractivity contribution in [1.29, 1.82) is 0 Å². The highest BCUT2D eigenvalue weighted by Crippen LogP contribution is 2.30. The van der Waals surface area contributed by atoms with Crippen LogP contribution in [0.3, 0.4) is 0 Å². The number of hydrogen-bond donors (Lipinski definition) is 2. The van der Waals surface area contributed by atoms with Crippen molar-refractivity contribution >= 4 is 5.69 Å². The summed E-state index contributed by atoms with van der Waals surface area (Å²) in [6.45, 7) is 0. The van der Waals surface area contributed by atoms with Crippen LogP contribution in [-0.4, -0.2) is 29.8 Å². The molecule has 130 valence electrons. The van der Waals surface area contributed by atoms with Gasteiger partial charge in [-0.25, -0.2) is 14.1 Å². The molecule has 0 spiro atoms. The van der Waals surface area contributed by atoms with E-state index in [2.05, 4.69) is 20.8 Å². The predicted octanol–water partition coefficient (Wildman–Crippen LogP) is 3.28. The summed E-state index contributed by atoms with van der Waals surface area (Å²) in [6, 6.07) is 13.6. The molecule has 0 saturated heterocycles. The van der Waals surface area contributed by atoms with Crippen LogP contribution in [0.15, 0.2) is 61.1 Å². The molecule has 0 bridgehead atoms. The fourth-order valence-electron chi connectivity index (χ4n) is 2.77. The molecular weight excluding hydrogens is 335 g/mol. The molecule has 0 radical (unpaired) electrons. The van der Waals surface area contributed by atoms with Gasteiger partial charge in [0.2, 0.25) is 0 Å². The van der Waals surface area contributed by atoms with Crippen molar-refractivity contribution in [2.24, 2.45) is 7.05 Å². The second kappa shape index (κ2) is 6.41. The molecule has 4 aromatic rings. The average Bonchev–Trinajstić information content (AvgIpc) is 3.29. The highest BCUT2D eigenvalue weighted by Gasteiger charge is 2.19. The van der Waals surface area contributed by atoms with E-state index in [4.69, 9.17) is 5.21 Å². The zero-order valence-electron chi connectivity index (χ0n) is 13.8. The molecule has 26 heavy (non-hydrogen) atoms. The maximum atomic E-state index is 14.2. The molecule has 7 nitrogen and oxygen atoms in total. The van der Waals surface area contributed by atoms with Crippen LogP contribution < -0.4 is 5.48 Å². The molecule has 0 aliphatic rings. The summed E-state index contributed by atoms with van der Waals surface area (Å²) in [5, 5.41) is 17.0. The van der Waals surface area contributed by atoms with E-state index in [1.165, 1.54) is 6.07 Å². The molecule has 0 aliphatic heterocycles. The molecule has 2 aromatic heterocycles. The van der Waals surface area contributed by atoms with Crippen molar-refractivity contribution in [1.82, 2.24) is 24.5 Å². The Kier molecular flexibility index (Phi) is 3.94. The van der Waals surface area contributed by atoms with E-state index >= 15 is 0 Å². The van der Waals surface area contributed by atoms with Gasteiger partial charge in [0.15, 0.2) is 0 Å². The molecule has 0 saturated carbocycles. The minimum absolute atomic E-state index is 0.360. The first-order valence-corrected chi connectivity index (χ1v) is 7.87. The topological polar surface area (TPSA) is 80.8 Å². The Labute approximate surface area is 148 Å². The Morgan fingerprint density at radius 3 is 2.58 bits per heavy atom. The van der Waals surface area contributed by atoms with Gasteiger partial charge in [0, 0.05) is 24.5 Å². The maximum absolute atomic E-state index is 14.2. The number of aromatic nitrogens is 5. The summed E-state index contributed by atoms with van der Waals surface area (Å²) in [7, 11) is 1.74. The van der Waals surface area contributed by atoms with Gasteiger partial charge in [0.25, 0.3) is 0 Å². The molecule has 8 heteroatoms. The van der Waals surface area contributed by atoms with Gasteiger partial charge in [0.1, 0.15) is 22.9 Å². The Bertz CT molecular complexity index is 1050. The lowest BCUT2D eigenvalue weighted by molar-refractivity contribution is 0.389. The van der Waals surface area contributed by atoms with Gasteiger partial charge in [-0.3, -0.25) is 10.7 Å². The van der Waals surface area contributed by atoms with Gasteiger partial charge in [-0.15, -0.1) is 5.10 Å². The number of nitrogens with one attached hydrogen (secondary N) is 1. The second-order valence-electron chi connectivity index (χ2n) is 5.71. The van der Waals surface area contributed by atoms with Crippen LogP contribution >= 0.6 is 0 Å². The zero-order valence-corrected chi connectivity index (χ0v) is 13.8. The summed E-state index contributed by atoms with van der Waals surface area (Å²) >= 11 is 0. The lowest BCUT2D eigenvalue weighted by Gasteiger charge is -2.04. The SMILES string of the molecule is Cn1nnc(-c2ccccc2F)c1-c1cn(-c2ccc(NO)cc2)cn1. The highest BCUT2D eigenvalue weighted by molar-refractivity contribution is 5.76. The van der Waals surface area contributed by atoms with E-state index in [1.807, 2.05) is 22.9 Å². The highest BCUT2D eigenvalue weighted by atomic mass is 19.1. The number of hydrogen-bond acceptors (Lipinski definition) is 5. The fraction of sp³-hybridized carbons (Fsp3) is 0.0556. The molecule has 0 amide bonds. The average molecular weight is 350 g/mol. The molecule has 0 aliphatic carbocycles. The van der Waals surface area contributed by atoms with E-state index < -0.39 is 0 Å². The van der Waals surface area contributed by atoms with Crippen LogP contribution in [0.5, 0.6) is 0 Å². The first kappa shape index (κ1) is 16.0. The van der Waals surface area contributed by atoms with Gasteiger partial charge in [-0.2, -0.15) is 0 Å². The minimum Gasteiger partial charge on any atom is -0.306 e. The summed E-state index contributed by atoms with van der Waals surface area (Å²) < 4.78 is 17.6. The monoisotopic (exact) mass is 350 g/mol. The molecule has 0 unspecified atom stereocenters. The third kappa shape index (κ3) is 2.72. The number of benzene rings is 2. The van der Waals surface area contributed by atoms with Gasteiger partial charge in [-0.05, 0) is 36.4 Å². The van der Waals surface area contributed by atoms with Gasteiger partial charge < -0.3 is 4.57 Å². The smallest absolute Gasteiger partial charge is 0.132 e. The van der Waals surface area contributed by atoms with Gasteiger partial charge >= 0.3 is 0 Å². The number of nitrogens with zero attached hydrogens (tertiary/aromatic N) is 5. The number of rotatable bonds is 4. The van der Waals surface area contributed by atoms with Crippen molar-refractivity contribution in [3.05, 3.63) is 66.9 Å². The van der Waals surface area contributed by atoms with Crippen LogP contribution in [0.4, 0.5) is 10.1 Å². The predicted molar refractivity (Wildman–Crippen MR) is 94.4 cm³/mol. The maximum Gasteiger partial charge on any atom is 0.132 e. The summed E-state index contributed by atoms with van der Waals surface area (Å²) in [5.41, 5.74) is 5.62. The molecule has 0 atom stereocenters. The van der Waals surface area contributed by atoms with Gasteiger partial charge in [-0.1, -0.05) is 17.3 Å². The van der Waals surface area contributed by atoms with E-state index in [9.17, 15) is 4.39 Å². The summed E-state index contributed by atoms with van der Waals surface area (Å²) in [6.07, 6.45) is 3.49. The lowest BCUT2D eigenvalue weighted by atomic mass is 10.1. The third-order valence-electron chi connectivity index (χ3n) is 4.08. The van der Waals surface area contributed by atoms with E-state index in [0.717, 1.165) is 5.69 Å². The van der Waals surface area contributed by atoms with Crippen molar-refractivity contribution in [2.45, 2.75) is 0 Å². The second-order valence-corrected chi connectivity index (χ2v) is 5.71. The Morgan fingerprint density at radius 2 is 1.85 bits per heavy atom. The van der Waals surface area contributed by atoms with Crippen molar-refractivity contribution in [2.75, 3.05) is 5.48 Å². The Balaban J connectivity index is 1.77. The molecule has 2 aromatic carbocycles. The van der Waals surface area contributed by atoms with E-state index in [-0.39, 0.29) is 5.82 Å². The normalized spacial score (nSPS) is 10.9. The minimum atomic E-state index is -0.360. The van der Waals surface area contributed by atoms with Crippen LogP contribution in [-0.2, 0) is 7.05 Å². The van der Waals surface area contributed by atoms with E-state index in [1.54, 1.807) is 48.4 Å². The van der Waals surface area contributed by atoms with Crippen LogP contribution in [0.2, 0.25) is 0 Å².